The lowest BCUT2D eigenvalue weighted by atomic mass is 9.84. The van der Waals surface area contributed by atoms with Crippen LogP contribution in [-0.2, 0) is 16.1 Å². The van der Waals surface area contributed by atoms with Crippen molar-refractivity contribution in [2.75, 3.05) is 20.3 Å². The smallest absolute Gasteiger partial charge is 0.224 e. The summed E-state index contributed by atoms with van der Waals surface area (Å²) in [6, 6.07) is 7.92. The summed E-state index contributed by atoms with van der Waals surface area (Å²) in [5.74, 6) is 2.10. The van der Waals surface area contributed by atoms with Crippen molar-refractivity contribution < 1.29 is 14.3 Å². The number of carbonyl (C=O) groups excluding carboxylic acids is 1. The van der Waals surface area contributed by atoms with Crippen LogP contribution < -0.4 is 15.8 Å². The molecule has 0 spiro atoms. The van der Waals surface area contributed by atoms with Crippen molar-refractivity contribution in [3.8, 4) is 5.75 Å². The zero-order valence-corrected chi connectivity index (χ0v) is 15.6. The summed E-state index contributed by atoms with van der Waals surface area (Å²) in [5, 5.41) is 3.04. The average molecular weight is 369 g/mol. The summed E-state index contributed by atoms with van der Waals surface area (Å²) >= 11 is 0. The number of benzene rings is 1. The molecule has 0 aliphatic heterocycles. The number of nitrogens with one attached hydrogen (secondary N) is 1. The predicted octanol–water partition coefficient (Wildman–Crippen LogP) is 2.51. The van der Waals surface area contributed by atoms with Crippen LogP contribution in [0, 0.1) is 17.8 Å². The average Bonchev–Trinajstić information content (AvgIpc) is 3.19. The van der Waals surface area contributed by atoms with E-state index in [4.69, 9.17) is 15.2 Å². The minimum absolute atomic E-state index is 0. The van der Waals surface area contributed by atoms with E-state index in [0.717, 1.165) is 24.2 Å². The van der Waals surface area contributed by atoms with Gasteiger partial charge in [-0.3, -0.25) is 4.79 Å². The zero-order valence-electron chi connectivity index (χ0n) is 14.8. The second-order valence-electron chi connectivity index (χ2n) is 6.98. The second kappa shape index (κ2) is 9.41. The fourth-order valence-corrected chi connectivity index (χ4v) is 4.14. The maximum absolute atomic E-state index is 12.3. The van der Waals surface area contributed by atoms with E-state index < -0.39 is 0 Å². The SMILES string of the molecule is COc1ccc(COCCCNC(=O)C2C3CCC(C3)C2N)cc1.Cl. The highest BCUT2D eigenvalue weighted by Gasteiger charge is 2.48. The van der Waals surface area contributed by atoms with Crippen LogP contribution in [0.4, 0.5) is 0 Å². The Morgan fingerprint density at radius 1 is 1.24 bits per heavy atom. The molecule has 1 amide bonds. The van der Waals surface area contributed by atoms with Crippen LogP contribution in [0.15, 0.2) is 24.3 Å². The molecular weight excluding hydrogens is 340 g/mol. The van der Waals surface area contributed by atoms with Crippen LogP contribution in [0.25, 0.3) is 0 Å². The van der Waals surface area contributed by atoms with E-state index in [0.29, 0.717) is 31.6 Å². The van der Waals surface area contributed by atoms with Crippen LogP contribution in [0.2, 0.25) is 0 Å². The summed E-state index contributed by atoms with van der Waals surface area (Å²) in [7, 11) is 1.66. The Labute approximate surface area is 156 Å². The van der Waals surface area contributed by atoms with E-state index >= 15 is 0 Å². The van der Waals surface area contributed by atoms with Crippen LogP contribution in [0.3, 0.4) is 0 Å². The molecule has 2 bridgehead atoms. The van der Waals surface area contributed by atoms with Crippen LogP contribution in [-0.4, -0.2) is 32.2 Å². The normalized spacial score (nSPS) is 27.0. The number of fused-ring (bicyclic) bond motifs is 2. The quantitative estimate of drug-likeness (QED) is 0.691. The number of amides is 1. The zero-order chi connectivity index (χ0) is 16.9. The Hall–Kier alpha value is -1.30. The van der Waals surface area contributed by atoms with Crippen molar-refractivity contribution in [3.05, 3.63) is 29.8 Å². The van der Waals surface area contributed by atoms with Gasteiger partial charge in [-0.1, -0.05) is 12.1 Å². The number of hydrogen-bond donors (Lipinski definition) is 2. The first-order chi connectivity index (χ1) is 11.7. The van der Waals surface area contributed by atoms with Gasteiger partial charge in [-0.15, -0.1) is 12.4 Å². The van der Waals surface area contributed by atoms with E-state index in [2.05, 4.69) is 5.32 Å². The number of methoxy groups -OCH3 is 1. The van der Waals surface area contributed by atoms with Gasteiger partial charge in [0, 0.05) is 19.2 Å². The standard InChI is InChI=1S/C19H28N2O3.ClH/c1-23-16-7-3-13(4-8-16)12-24-10-2-9-21-19(22)17-14-5-6-15(11-14)18(17)20;/h3-4,7-8,14-15,17-18H,2,5-6,9-12,20H2,1H3,(H,21,22);1H. The number of carbonyl (C=O) groups is 1. The van der Waals surface area contributed by atoms with Crippen molar-refractivity contribution >= 4 is 18.3 Å². The topological polar surface area (TPSA) is 73.6 Å². The Bertz CT molecular complexity index is 550. The van der Waals surface area contributed by atoms with Crippen molar-refractivity contribution in [1.29, 1.82) is 0 Å². The Morgan fingerprint density at radius 2 is 1.96 bits per heavy atom. The molecule has 0 saturated heterocycles. The number of hydrogen-bond acceptors (Lipinski definition) is 4. The summed E-state index contributed by atoms with van der Waals surface area (Å²) < 4.78 is 10.8. The first-order valence-electron chi connectivity index (χ1n) is 8.93. The van der Waals surface area contributed by atoms with Crippen LogP contribution in [0.1, 0.15) is 31.2 Å². The fraction of sp³-hybridized carbons (Fsp3) is 0.632. The van der Waals surface area contributed by atoms with Crippen LogP contribution in [0.5, 0.6) is 5.75 Å². The molecule has 5 nitrogen and oxygen atoms in total. The lowest BCUT2D eigenvalue weighted by Gasteiger charge is -2.27. The monoisotopic (exact) mass is 368 g/mol. The molecule has 6 heteroatoms. The molecule has 0 heterocycles. The third kappa shape index (κ3) is 4.87. The Kier molecular flexibility index (Phi) is 7.54. The van der Waals surface area contributed by atoms with Crippen molar-refractivity contribution in [2.24, 2.45) is 23.5 Å². The Morgan fingerprint density at radius 3 is 2.60 bits per heavy atom. The van der Waals surface area contributed by atoms with E-state index in [1.54, 1.807) is 7.11 Å². The summed E-state index contributed by atoms with van der Waals surface area (Å²) in [6.07, 6.45) is 4.33. The third-order valence-corrected chi connectivity index (χ3v) is 5.48. The fourth-order valence-electron chi connectivity index (χ4n) is 4.14. The summed E-state index contributed by atoms with van der Waals surface area (Å²) in [6.45, 7) is 1.87. The molecule has 0 aromatic heterocycles. The second-order valence-corrected chi connectivity index (χ2v) is 6.98. The number of nitrogens with two attached hydrogens (primary N) is 1. The van der Waals surface area contributed by atoms with Crippen LogP contribution >= 0.6 is 12.4 Å². The third-order valence-electron chi connectivity index (χ3n) is 5.48. The van der Waals surface area contributed by atoms with Gasteiger partial charge in [-0.25, -0.2) is 0 Å². The summed E-state index contributed by atoms with van der Waals surface area (Å²) in [4.78, 5) is 12.3. The lowest BCUT2D eigenvalue weighted by Crippen LogP contribution is -2.45. The van der Waals surface area contributed by atoms with Gasteiger partial charge in [-0.2, -0.15) is 0 Å². The molecule has 2 aliphatic rings. The Balaban J connectivity index is 0.00000225. The van der Waals surface area contributed by atoms with Gasteiger partial charge in [0.1, 0.15) is 5.75 Å². The molecule has 0 radical (unpaired) electrons. The molecule has 3 rings (SSSR count). The lowest BCUT2D eigenvalue weighted by molar-refractivity contribution is -0.127. The molecule has 4 unspecified atom stereocenters. The van der Waals surface area contributed by atoms with E-state index in [9.17, 15) is 4.79 Å². The number of rotatable bonds is 8. The van der Waals surface area contributed by atoms with Crippen molar-refractivity contribution in [1.82, 2.24) is 5.32 Å². The molecule has 2 fully saturated rings. The van der Waals surface area contributed by atoms with E-state index in [1.807, 2.05) is 24.3 Å². The van der Waals surface area contributed by atoms with Gasteiger partial charge in [0.2, 0.25) is 5.91 Å². The van der Waals surface area contributed by atoms with Gasteiger partial charge in [-0.05, 0) is 55.2 Å². The number of halogens is 1. The van der Waals surface area contributed by atoms with Gasteiger partial charge in [0.25, 0.3) is 0 Å². The predicted molar refractivity (Wildman–Crippen MR) is 99.8 cm³/mol. The van der Waals surface area contributed by atoms with Gasteiger partial charge in [0.15, 0.2) is 0 Å². The highest BCUT2D eigenvalue weighted by molar-refractivity contribution is 5.85. The highest BCUT2D eigenvalue weighted by Crippen LogP contribution is 2.47. The van der Waals surface area contributed by atoms with Gasteiger partial charge in [0.05, 0.1) is 19.6 Å². The molecule has 140 valence electrons. The molecule has 1 aromatic rings. The van der Waals surface area contributed by atoms with E-state index in [1.165, 1.54) is 12.8 Å². The first kappa shape index (κ1) is 20.0. The maximum atomic E-state index is 12.3. The maximum Gasteiger partial charge on any atom is 0.224 e. The largest absolute Gasteiger partial charge is 0.497 e. The minimum atomic E-state index is 0. The van der Waals surface area contributed by atoms with Gasteiger partial charge < -0.3 is 20.5 Å². The molecule has 2 saturated carbocycles. The summed E-state index contributed by atoms with van der Waals surface area (Å²) in [5.41, 5.74) is 7.33. The number of ether oxygens (including phenoxy) is 2. The molecule has 2 aliphatic carbocycles. The van der Waals surface area contributed by atoms with Gasteiger partial charge >= 0.3 is 0 Å². The first-order valence-corrected chi connectivity index (χ1v) is 8.93. The van der Waals surface area contributed by atoms with Crippen molar-refractivity contribution in [3.63, 3.8) is 0 Å². The molecule has 25 heavy (non-hydrogen) atoms. The molecular formula is C19H29ClN2O3. The molecule has 4 atom stereocenters. The highest BCUT2D eigenvalue weighted by atomic mass is 35.5. The molecule has 3 N–H and O–H groups in total. The van der Waals surface area contributed by atoms with Crippen molar-refractivity contribution in [2.45, 2.75) is 38.3 Å². The molecule has 1 aromatic carbocycles. The van der Waals surface area contributed by atoms with E-state index in [-0.39, 0.29) is 30.3 Å². The minimum Gasteiger partial charge on any atom is -0.497 e.